The molecule has 3 aliphatic rings. The van der Waals surface area contributed by atoms with E-state index in [1.165, 1.54) is 16.0 Å². The summed E-state index contributed by atoms with van der Waals surface area (Å²) in [5.41, 5.74) is -1.29. The topological polar surface area (TPSA) is 78.2 Å². The fourth-order valence-electron chi connectivity index (χ4n) is 4.71. The molecule has 5 rings (SSSR count). The molecule has 2 aromatic heterocycles. The summed E-state index contributed by atoms with van der Waals surface area (Å²) in [4.78, 5) is 32.3. The number of aliphatic hydroxyl groups excluding tert-OH is 1. The number of imidazole rings is 1. The van der Waals surface area contributed by atoms with Crippen molar-refractivity contribution in [2.24, 2.45) is 0 Å². The van der Waals surface area contributed by atoms with Gasteiger partial charge in [-0.15, -0.1) is 0 Å². The van der Waals surface area contributed by atoms with E-state index in [0.29, 0.717) is 5.56 Å². The molecule has 2 aromatic rings. The van der Waals surface area contributed by atoms with Crippen LogP contribution in [0.4, 0.5) is 17.6 Å². The van der Waals surface area contributed by atoms with Crippen molar-refractivity contribution in [3.63, 3.8) is 0 Å². The Morgan fingerprint density at radius 1 is 1.21 bits per heavy atom. The molecule has 33 heavy (non-hydrogen) atoms. The highest BCUT2D eigenvalue weighted by molar-refractivity contribution is 6.33. The van der Waals surface area contributed by atoms with Crippen molar-refractivity contribution in [2.75, 3.05) is 19.6 Å². The number of halogens is 5. The molecule has 1 aliphatic heterocycles. The number of fused-ring (bicyclic) bond motifs is 1. The molecule has 1 unspecified atom stereocenters. The number of alkyl halides is 4. The van der Waals surface area contributed by atoms with Gasteiger partial charge in [-0.2, -0.15) is 13.2 Å². The molecule has 2 aliphatic carbocycles. The zero-order valence-corrected chi connectivity index (χ0v) is 18.1. The van der Waals surface area contributed by atoms with E-state index in [1.807, 2.05) is 0 Å². The molecule has 1 N–H and O–H groups in total. The predicted molar refractivity (Wildman–Crippen MR) is 109 cm³/mol. The number of hydrogen-bond donors (Lipinski definition) is 1. The van der Waals surface area contributed by atoms with Crippen LogP contribution in [0.1, 0.15) is 53.2 Å². The first-order valence-corrected chi connectivity index (χ1v) is 11.1. The number of rotatable bonds is 3. The van der Waals surface area contributed by atoms with Crippen LogP contribution in [0.25, 0.3) is 5.65 Å². The largest absolute Gasteiger partial charge is 0.419 e. The van der Waals surface area contributed by atoms with Gasteiger partial charge in [-0.05, 0) is 36.8 Å². The van der Waals surface area contributed by atoms with E-state index in [1.54, 1.807) is 0 Å². The van der Waals surface area contributed by atoms with Crippen molar-refractivity contribution in [3.8, 4) is 0 Å². The molecular weight excluding hydrogens is 468 g/mol. The molecule has 0 bridgehead atoms. The summed E-state index contributed by atoms with van der Waals surface area (Å²) < 4.78 is 55.8. The molecule has 7 nitrogen and oxygen atoms in total. The number of pyridine rings is 1. The van der Waals surface area contributed by atoms with E-state index in [9.17, 15) is 32.3 Å². The van der Waals surface area contributed by atoms with Crippen LogP contribution in [0.3, 0.4) is 0 Å². The average Bonchev–Trinajstić information content (AvgIpc) is 3.48. The fourth-order valence-corrected chi connectivity index (χ4v) is 4.96. The van der Waals surface area contributed by atoms with Gasteiger partial charge in [0, 0.05) is 31.7 Å². The first-order valence-electron chi connectivity index (χ1n) is 10.7. The summed E-state index contributed by atoms with van der Waals surface area (Å²) in [5, 5.41) is 9.39. The van der Waals surface area contributed by atoms with Gasteiger partial charge in [0.05, 0.1) is 11.7 Å². The van der Waals surface area contributed by atoms with Crippen molar-refractivity contribution in [1.82, 2.24) is 19.2 Å². The lowest BCUT2D eigenvalue weighted by Crippen LogP contribution is -2.55. The Balaban J connectivity index is 1.41. The zero-order valence-electron chi connectivity index (χ0n) is 17.4. The van der Waals surface area contributed by atoms with Gasteiger partial charge in [0.15, 0.2) is 11.3 Å². The summed E-state index contributed by atoms with van der Waals surface area (Å²) in [6.45, 7) is -0.108. The number of piperazine rings is 1. The van der Waals surface area contributed by atoms with Crippen molar-refractivity contribution in [3.05, 3.63) is 34.2 Å². The minimum atomic E-state index is -4.68. The van der Waals surface area contributed by atoms with Gasteiger partial charge >= 0.3 is 6.18 Å². The van der Waals surface area contributed by atoms with E-state index < -0.39 is 47.5 Å². The van der Waals surface area contributed by atoms with Gasteiger partial charge in [-0.3, -0.25) is 14.0 Å². The Kier molecular flexibility index (Phi) is 5.32. The normalized spacial score (nSPS) is 26.5. The third-order valence-corrected chi connectivity index (χ3v) is 7.01. The maximum absolute atomic E-state index is 13.7. The second-order valence-electron chi connectivity index (χ2n) is 8.93. The Hall–Kier alpha value is -2.40. The lowest BCUT2D eigenvalue weighted by atomic mass is 10.1. The smallest absolute Gasteiger partial charge is 0.390 e. The van der Waals surface area contributed by atoms with Crippen LogP contribution >= 0.6 is 11.6 Å². The number of amides is 2. The summed E-state index contributed by atoms with van der Waals surface area (Å²) in [5.74, 6) is -1.14. The zero-order chi connectivity index (χ0) is 23.7. The number of hydrogen-bond acceptors (Lipinski definition) is 4. The number of carbonyl (C=O) groups excluding carboxylic acids is 2. The molecule has 12 heteroatoms. The van der Waals surface area contributed by atoms with Crippen molar-refractivity contribution in [1.29, 1.82) is 0 Å². The Labute approximate surface area is 190 Å². The van der Waals surface area contributed by atoms with Gasteiger partial charge in [0.1, 0.15) is 17.9 Å². The molecule has 2 saturated carbocycles. The summed E-state index contributed by atoms with van der Waals surface area (Å²) in [6.07, 6.45) is -3.99. The second-order valence-corrected chi connectivity index (χ2v) is 9.28. The number of aromatic nitrogens is 2. The minimum absolute atomic E-state index is 0.0249. The highest BCUT2D eigenvalue weighted by Crippen LogP contribution is 2.43. The van der Waals surface area contributed by atoms with E-state index in [0.717, 1.165) is 23.3 Å². The summed E-state index contributed by atoms with van der Waals surface area (Å²) in [7, 11) is 0. The summed E-state index contributed by atoms with van der Waals surface area (Å²) >= 11 is 6.31. The van der Waals surface area contributed by atoms with Crippen LogP contribution in [0.5, 0.6) is 0 Å². The second kappa shape index (κ2) is 7.83. The van der Waals surface area contributed by atoms with E-state index in [4.69, 9.17) is 11.6 Å². The number of aliphatic hydroxyl groups is 1. The van der Waals surface area contributed by atoms with Gasteiger partial charge < -0.3 is 14.9 Å². The molecular formula is C21H21ClF4N4O3. The van der Waals surface area contributed by atoms with Crippen LogP contribution in [0, 0.1) is 0 Å². The number of carbonyl (C=O) groups is 2. The molecule has 0 aromatic carbocycles. The SMILES string of the molecule is O=C(c1nc2c(C(F)(F)F)cc(C3CC3)cn2c1Cl)N1CCN(C2C[C@@H](O)[C@H](F)C2)C(=O)C1. The van der Waals surface area contributed by atoms with Crippen molar-refractivity contribution >= 4 is 29.1 Å². The first kappa shape index (κ1) is 22.4. The minimum Gasteiger partial charge on any atom is -0.390 e. The van der Waals surface area contributed by atoms with Crippen LogP contribution in [-0.4, -0.2) is 74.1 Å². The molecule has 3 atom stereocenters. The van der Waals surface area contributed by atoms with Crippen LogP contribution in [0.15, 0.2) is 12.3 Å². The van der Waals surface area contributed by atoms with Gasteiger partial charge in [-0.1, -0.05) is 11.6 Å². The van der Waals surface area contributed by atoms with Crippen LogP contribution in [-0.2, 0) is 11.0 Å². The summed E-state index contributed by atoms with van der Waals surface area (Å²) in [6, 6.07) is 0.606. The molecule has 0 radical (unpaired) electrons. The fraction of sp³-hybridized carbons (Fsp3) is 0.571. The maximum Gasteiger partial charge on any atom is 0.419 e. The molecule has 3 fully saturated rings. The first-order chi connectivity index (χ1) is 15.5. The van der Waals surface area contributed by atoms with E-state index >= 15 is 0 Å². The Morgan fingerprint density at radius 2 is 1.94 bits per heavy atom. The Bertz CT molecular complexity index is 1120. The van der Waals surface area contributed by atoms with Gasteiger partial charge in [-0.25, -0.2) is 9.37 Å². The highest BCUT2D eigenvalue weighted by Gasteiger charge is 2.42. The Morgan fingerprint density at radius 3 is 2.52 bits per heavy atom. The van der Waals surface area contributed by atoms with Crippen LogP contribution < -0.4 is 0 Å². The number of nitrogens with zero attached hydrogens (tertiary/aromatic N) is 4. The standard InChI is InChI=1S/C21H21ClF4N4O3/c22-18-17(27-19-13(21(24,25)26)5-11(8-30(18)19)10-1-2-10)20(33)28-3-4-29(16(32)9-28)12-6-14(23)15(31)7-12/h5,8,10,12,14-15,31H,1-4,6-7,9H2/t12?,14-,15-/m1/s1. The predicted octanol–water partition coefficient (Wildman–Crippen LogP) is 3.03. The van der Waals surface area contributed by atoms with Gasteiger partial charge in [0.25, 0.3) is 5.91 Å². The van der Waals surface area contributed by atoms with Crippen molar-refractivity contribution in [2.45, 2.75) is 56.1 Å². The third-order valence-electron chi connectivity index (χ3n) is 6.65. The highest BCUT2D eigenvalue weighted by atomic mass is 35.5. The maximum atomic E-state index is 13.7. The van der Waals surface area contributed by atoms with Gasteiger partial charge in [0.2, 0.25) is 5.91 Å². The van der Waals surface area contributed by atoms with Crippen LogP contribution in [0.2, 0.25) is 5.15 Å². The lowest BCUT2D eigenvalue weighted by molar-refractivity contribution is -0.138. The average molecular weight is 489 g/mol. The van der Waals surface area contributed by atoms with E-state index in [-0.39, 0.29) is 49.2 Å². The van der Waals surface area contributed by atoms with E-state index in [2.05, 4.69) is 4.98 Å². The molecule has 2 amide bonds. The monoisotopic (exact) mass is 488 g/mol. The third kappa shape index (κ3) is 3.95. The van der Waals surface area contributed by atoms with Crippen molar-refractivity contribution < 1.29 is 32.3 Å². The molecule has 1 saturated heterocycles. The molecule has 178 valence electrons. The lowest BCUT2D eigenvalue weighted by Gasteiger charge is -2.37. The molecule has 3 heterocycles. The molecule has 0 spiro atoms. The quantitative estimate of drug-likeness (QED) is 0.674.